The van der Waals surface area contributed by atoms with Crippen molar-refractivity contribution in [3.05, 3.63) is 11.6 Å². The molecule has 0 aromatic heterocycles. The molecule has 0 aliphatic carbocycles. The van der Waals surface area contributed by atoms with Crippen LogP contribution >= 0.6 is 0 Å². The summed E-state index contributed by atoms with van der Waals surface area (Å²) in [5.74, 6) is 0. The highest BCUT2D eigenvalue weighted by molar-refractivity contribution is 5.08. The molecule has 0 aromatic rings. The number of ether oxygens (including phenoxy) is 2. The number of aliphatic hydroxyl groups is 1. The van der Waals surface area contributed by atoms with Gasteiger partial charge in [-0.2, -0.15) is 0 Å². The fraction of sp³-hybridized carbons (Fsp3) is 0.833. The smallest absolute Gasteiger partial charge is 0.0714 e. The predicted molar refractivity (Wildman–Crippen MR) is 61.4 cm³/mol. The lowest BCUT2D eigenvalue weighted by Crippen LogP contribution is -2.35. The van der Waals surface area contributed by atoms with E-state index in [4.69, 9.17) is 9.47 Å². The van der Waals surface area contributed by atoms with Crippen LogP contribution in [0.3, 0.4) is 0 Å². The lowest BCUT2D eigenvalue weighted by atomic mass is 10.1. The summed E-state index contributed by atoms with van der Waals surface area (Å²) in [5, 5.41) is 9.33. The number of likely N-dealkylation sites (tertiary alicyclic amines) is 1. The first kappa shape index (κ1) is 12.0. The maximum absolute atomic E-state index is 9.33. The molecule has 2 aliphatic heterocycles. The minimum absolute atomic E-state index is 0.216. The molecule has 0 amide bonds. The third-order valence-corrected chi connectivity index (χ3v) is 3.42. The molecule has 2 atom stereocenters. The van der Waals surface area contributed by atoms with Gasteiger partial charge in [0.25, 0.3) is 0 Å². The molecule has 4 heteroatoms. The van der Waals surface area contributed by atoms with Crippen molar-refractivity contribution in [2.45, 2.75) is 25.0 Å². The van der Waals surface area contributed by atoms with Crippen LogP contribution in [0.25, 0.3) is 0 Å². The number of hydrogen-bond acceptors (Lipinski definition) is 4. The summed E-state index contributed by atoms with van der Waals surface area (Å²) in [6.45, 7) is 3.62. The highest BCUT2D eigenvalue weighted by Gasteiger charge is 2.31. The van der Waals surface area contributed by atoms with Crippen LogP contribution in [0.2, 0.25) is 0 Å². The Hall–Kier alpha value is -0.420. The average Bonchev–Trinajstić information content (AvgIpc) is 2.73. The van der Waals surface area contributed by atoms with Gasteiger partial charge in [0.05, 0.1) is 25.9 Å². The van der Waals surface area contributed by atoms with Gasteiger partial charge in [0.1, 0.15) is 0 Å². The summed E-state index contributed by atoms with van der Waals surface area (Å²) in [4.78, 5) is 2.30. The van der Waals surface area contributed by atoms with Gasteiger partial charge in [-0.25, -0.2) is 0 Å². The van der Waals surface area contributed by atoms with Gasteiger partial charge < -0.3 is 14.6 Å². The van der Waals surface area contributed by atoms with Gasteiger partial charge in [-0.05, 0) is 18.4 Å². The van der Waals surface area contributed by atoms with Crippen LogP contribution in [-0.2, 0) is 9.47 Å². The van der Waals surface area contributed by atoms with Gasteiger partial charge in [-0.1, -0.05) is 6.08 Å². The summed E-state index contributed by atoms with van der Waals surface area (Å²) in [6.07, 6.45) is 4.47. The average molecular weight is 227 g/mol. The maximum Gasteiger partial charge on any atom is 0.0714 e. The molecule has 1 saturated heterocycles. The van der Waals surface area contributed by atoms with Crippen molar-refractivity contribution in [2.24, 2.45) is 0 Å². The number of nitrogens with zero attached hydrogens (tertiary/aromatic N) is 1. The highest BCUT2D eigenvalue weighted by Crippen LogP contribution is 2.21. The van der Waals surface area contributed by atoms with E-state index < -0.39 is 0 Å². The van der Waals surface area contributed by atoms with Gasteiger partial charge in [-0.15, -0.1) is 0 Å². The number of methoxy groups -OCH3 is 1. The minimum Gasteiger partial charge on any atom is -0.395 e. The minimum atomic E-state index is 0.216. The zero-order chi connectivity index (χ0) is 11.4. The fourth-order valence-corrected chi connectivity index (χ4v) is 2.47. The molecule has 4 nitrogen and oxygen atoms in total. The molecule has 92 valence electrons. The Labute approximate surface area is 96.8 Å². The van der Waals surface area contributed by atoms with Gasteiger partial charge in [0.2, 0.25) is 0 Å². The Morgan fingerprint density at radius 1 is 1.62 bits per heavy atom. The largest absolute Gasteiger partial charge is 0.395 e. The van der Waals surface area contributed by atoms with E-state index in [0.717, 1.165) is 39.1 Å². The van der Waals surface area contributed by atoms with Gasteiger partial charge in [0, 0.05) is 26.2 Å². The van der Waals surface area contributed by atoms with E-state index in [1.54, 1.807) is 7.11 Å². The van der Waals surface area contributed by atoms with Crippen LogP contribution in [0.15, 0.2) is 11.6 Å². The van der Waals surface area contributed by atoms with Crippen LogP contribution in [0, 0.1) is 0 Å². The molecule has 0 spiro atoms. The number of aliphatic hydroxyl groups excluding tert-OH is 1. The van der Waals surface area contributed by atoms with Crippen LogP contribution in [-0.4, -0.2) is 62.2 Å². The molecule has 1 N–H and O–H groups in total. The maximum atomic E-state index is 9.33. The second-order valence-electron chi connectivity index (χ2n) is 4.56. The van der Waals surface area contributed by atoms with E-state index in [2.05, 4.69) is 11.0 Å². The molecule has 0 radical (unpaired) electrons. The molecule has 0 unspecified atom stereocenters. The van der Waals surface area contributed by atoms with Crippen molar-refractivity contribution < 1.29 is 14.6 Å². The van der Waals surface area contributed by atoms with Crippen LogP contribution in [0.5, 0.6) is 0 Å². The predicted octanol–water partition coefficient (Wildman–Crippen LogP) is 0.415. The third kappa shape index (κ3) is 2.83. The normalized spacial score (nSPS) is 31.8. The monoisotopic (exact) mass is 227 g/mol. The lowest BCUT2D eigenvalue weighted by molar-refractivity contribution is 0.106. The first-order valence-electron chi connectivity index (χ1n) is 5.97. The van der Waals surface area contributed by atoms with Crippen molar-refractivity contribution in [3.63, 3.8) is 0 Å². The molecule has 2 rings (SSSR count). The van der Waals surface area contributed by atoms with Gasteiger partial charge >= 0.3 is 0 Å². The lowest BCUT2D eigenvalue weighted by Gasteiger charge is -2.25. The number of hydrogen-bond donors (Lipinski definition) is 1. The molecule has 2 heterocycles. The summed E-state index contributed by atoms with van der Waals surface area (Å²) in [5.41, 5.74) is 1.33. The molecular formula is C12H21NO3. The first-order chi connectivity index (χ1) is 7.83. The molecule has 0 aromatic carbocycles. The zero-order valence-electron chi connectivity index (χ0n) is 9.89. The quantitative estimate of drug-likeness (QED) is 0.707. The second kappa shape index (κ2) is 5.77. The fourth-order valence-electron chi connectivity index (χ4n) is 2.47. The first-order valence-corrected chi connectivity index (χ1v) is 5.97. The molecule has 0 bridgehead atoms. The molecule has 2 aliphatic rings. The topological polar surface area (TPSA) is 41.9 Å². The SMILES string of the molecule is CO[C@@H]1C[C@@H](CO)N(CC2=CCCOC2)C1. The standard InChI is InChI=1S/C12H21NO3/c1-15-12-5-11(8-14)13(7-12)6-10-3-2-4-16-9-10/h3,11-12,14H,2,4-9H2,1H3/t11-,12+/m0/s1. The summed E-state index contributed by atoms with van der Waals surface area (Å²) in [7, 11) is 1.74. The van der Waals surface area contributed by atoms with E-state index in [9.17, 15) is 5.11 Å². The Morgan fingerprint density at radius 3 is 3.12 bits per heavy atom. The Morgan fingerprint density at radius 2 is 2.50 bits per heavy atom. The summed E-state index contributed by atoms with van der Waals surface area (Å²) >= 11 is 0. The van der Waals surface area contributed by atoms with E-state index in [1.165, 1.54) is 5.57 Å². The summed E-state index contributed by atoms with van der Waals surface area (Å²) in [6, 6.07) is 0.243. The Bertz CT molecular complexity index is 255. The van der Waals surface area contributed by atoms with Crippen molar-refractivity contribution in [1.29, 1.82) is 0 Å². The second-order valence-corrected chi connectivity index (χ2v) is 4.56. The van der Waals surface area contributed by atoms with E-state index in [0.29, 0.717) is 0 Å². The van der Waals surface area contributed by atoms with E-state index in [-0.39, 0.29) is 18.8 Å². The molecular weight excluding hydrogens is 206 g/mol. The summed E-state index contributed by atoms with van der Waals surface area (Å²) < 4.78 is 10.8. The highest BCUT2D eigenvalue weighted by atomic mass is 16.5. The van der Waals surface area contributed by atoms with Crippen LogP contribution in [0.1, 0.15) is 12.8 Å². The number of rotatable bonds is 4. The van der Waals surface area contributed by atoms with Crippen LogP contribution in [0.4, 0.5) is 0 Å². The third-order valence-electron chi connectivity index (χ3n) is 3.42. The molecule has 0 saturated carbocycles. The van der Waals surface area contributed by atoms with Crippen molar-refractivity contribution in [1.82, 2.24) is 4.90 Å². The van der Waals surface area contributed by atoms with Crippen molar-refractivity contribution >= 4 is 0 Å². The Balaban J connectivity index is 1.90. The van der Waals surface area contributed by atoms with E-state index in [1.807, 2.05) is 0 Å². The Kier molecular flexibility index (Phi) is 4.35. The van der Waals surface area contributed by atoms with E-state index >= 15 is 0 Å². The van der Waals surface area contributed by atoms with Crippen LogP contribution < -0.4 is 0 Å². The molecule has 16 heavy (non-hydrogen) atoms. The van der Waals surface area contributed by atoms with Crippen molar-refractivity contribution in [2.75, 3.05) is 40.0 Å². The van der Waals surface area contributed by atoms with Gasteiger partial charge in [0.15, 0.2) is 0 Å². The zero-order valence-corrected chi connectivity index (χ0v) is 9.89. The molecule has 1 fully saturated rings. The van der Waals surface area contributed by atoms with Crippen molar-refractivity contribution in [3.8, 4) is 0 Å². The van der Waals surface area contributed by atoms with Gasteiger partial charge in [-0.3, -0.25) is 4.90 Å².